The van der Waals surface area contributed by atoms with Gasteiger partial charge in [0.05, 0.1) is 11.3 Å². The van der Waals surface area contributed by atoms with E-state index in [2.05, 4.69) is 22.5 Å². The lowest BCUT2D eigenvalue weighted by molar-refractivity contribution is 0.102. The number of carbonyl (C=O) groups is 1. The Labute approximate surface area is 152 Å². The molecular formula is C21H21FN2O2. The molecule has 3 rings (SSSR count). The summed E-state index contributed by atoms with van der Waals surface area (Å²) < 4.78 is 19.9. The Morgan fingerprint density at radius 2 is 2.04 bits per heavy atom. The molecule has 0 radical (unpaired) electrons. The number of hydrogen-bond donors (Lipinski definition) is 2. The van der Waals surface area contributed by atoms with Crippen LogP contribution in [0.1, 0.15) is 36.7 Å². The number of fused-ring (bicyclic) bond motifs is 1. The molecule has 0 aliphatic carbocycles. The van der Waals surface area contributed by atoms with Gasteiger partial charge < -0.3 is 15.4 Å². The highest BCUT2D eigenvalue weighted by molar-refractivity contribution is 6.04. The monoisotopic (exact) mass is 352 g/mol. The normalized spacial score (nSPS) is 12.8. The SMILES string of the molecule is CC(C)(C)C#Cc1ccc(C(=O)Nc2ccc3c(c2)OCCN3)c(F)c1. The third kappa shape index (κ3) is 4.34. The van der Waals surface area contributed by atoms with Gasteiger partial charge >= 0.3 is 0 Å². The topological polar surface area (TPSA) is 50.4 Å². The van der Waals surface area contributed by atoms with Gasteiger partial charge in [-0.15, -0.1) is 0 Å². The smallest absolute Gasteiger partial charge is 0.258 e. The molecule has 26 heavy (non-hydrogen) atoms. The van der Waals surface area contributed by atoms with Crippen LogP contribution in [0.5, 0.6) is 5.75 Å². The second-order valence-corrected chi connectivity index (χ2v) is 7.13. The summed E-state index contributed by atoms with van der Waals surface area (Å²) in [5.41, 5.74) is 1.77. The summed E-state index contributed by atoms with van der Waals surface area (Å²) in [7, 11) is 0. The average molecular weight is 352 g/mol. The van der Waals surface area contributed by atoms with E-state index in [0.717, 1.165) is 12.2 Å². The molecule has 1 aliphatic rings. The first-order valence-electron chi connectivity index (χ1n) is 8.47. The number of nitrogens with one attached hydrogen (secondary N) is 2. The van der Waals surface area contributed by atoms with Gasteiger partial charge in [0.15, 0.2) is 0 Å². The highest BCUT2D eigenvalue weighted by atomic mass is 19.1. The molecule has 0 saturated heterocycles. The Morgan fingerprint density at radius 3 is 2.77 bits per heavy atom. The van der Waals surface area contributed by atoms with Gasteiger partial charge in [-0.25, -0.2) is 4.39 Å². The van der Waals surface area contributed by atoms with Crippen molar-refractivity contribution in [3.63, 3.8) is 0 Å². The van der Waals surface area contributed by atoms with Crippen LogP contribution in [0.15, 0.2) is 36.4 Å². The number of ether oxygens (including phenoxy) is 1. The predicted octanol–water partition coefficient (Wildman–Crippen LogP) is 4.28. The molecular weight excluding hydrogens is 331 g/mol. The summed E-state index contributed by atoms with van der Waals surface area (Å²) in [5.74, 6) is 5.53. The molecule has 0 fully saturated rings. The van der Waals surface area contributed by atoms with E-state index in [4.69, 9.17) is 4.74 Å². The van der Waals surface area contributed by atoms with Crippen molar-refractivity contribution < 1.29 is 13.9 Å². The Kier molecular flexibility index (Phi) is 4.85. The molecule has 0 unspecified atom stereocenters. The third-order valence-corrected chi connectivity index (χ3v) is 3.71. The van der Waals surface area contributed by atoms with E-state index in [-0.39, 0.29) is 11.0 Å². The van der Waals surface area contributed by atoms with Gasteiger partial charge in [-0.3, -0.25) is 4.79 Å². The van der Waals surface area contributed by atoms with E-state index in [1.54, 1.807) is 18.2 Å². The number of carbonyl (C=O) groups excluding carboxylic acids is 1. The van der Waals surface area contributed by atoms with Gasteiger partial charge in [0.2, 0.25) is 0 Å². The van der Waals surface area contributed by atoms with E-state index in [9.17, 15) is 9.18 Å². The molecule has 5 heteroatoms. The molecule has 4 nitrogen and oxygen atoms in total. The number of hydrogen-bond acceptors (Lipinski definition) is 3. The largest absolute Gasteiger partial charge is 0.490 e. The van der Waals surface area contributed by atoms with Crippen molar-refractivity contribution in [1.29, 1.82) is 0 Å². The number of amides is 1. The van der Waals surface area contributed by atoms with Crippen molar-refractivity contribution in [3.8, 4) is 17.6 Å². The van der Waals surface area contributed by atoms with Gasteiger partial charge in [0.1, 0.15) is 18.2 Å². The van der Waals surface area contributed by atoms with E-state index in [0.29, 0.717) is 23.6 Å². The van der Waals surface area contributed by atoms with Crippen LogP contribution in [0.4, 0.5) is 15.8 Å². The first-order valence-corrected chi connectivity index (χ1v) is 8.47. The van der Waals surface area contributed by atoms with Crippen LogP contribution in [0.2, 0.25) is 0 Å². The summed E-state index contributed by atoms with van der Waals surface area (Å²) in [6.07, 6.45) is 0. The maximum absolute atomic E-state index is 14.3. The van der Waals surface area contributed by atoms with E-state index >= 15 is 0 Å². The van der Waals surface area contributed by atoms with Crippen LogP contribution in [-0.4, -0.2) is 19.1 Å². The van der Waals surface area contributed by atoms with Crippen molar-refractivity contribution in [2.75, 3.05) is 23.8 Å². The molecule has 0 spiro atoms. The minimum absolute atomic E-state index is 0.0249. The fourth-order valence-corrected chi connectivity index (χ4v) is 2.45. The lowest BCUT2D eigenvalue weighted by Gasteiger charge is -2.19. The molecule has 1 heterocycles. The van der Waals surface area contributed by atoms with E-state index in [1.807, 2.05) is 26.8 Å². The van der Waals surface area contributed by atoms with Crippen LogP contribution in [-0.2, 0) is 0 Å². The maximum Gasteiger partial charge on any atom is 0.258 e. The molecule has 0 aromatic heterocycles. The highest BCUT2D eigenvalue weighted by Gasteiger charge is 2.15. The standard InChI is InChI=1S/C21H21FN2O2/c1-21(2,3)9-8-14-4-6-16(17(22)12-14)20(25)24-15-5-7-18-19(13-15)26-11-10-23-18/h4-7,12-13,23H,10-11H2,1-3H3,(H,24,25). The number of rotatable bonds is 2. The quantitative estimate of drug-likeness (QED) is 0.793. The molecule has 134 valence electrons. The second kappa shape index (κ2) is 7.09. The molecule has 1 aliphatic heterocycles. The van der Waals surface area contributed by atoms with Crippen molar-refractivity contribution in [2.45, 2.75) is 20.8 Å². The molecule has 2 aromatic rings. The average Bonchev–Trinajstić information content (AvgIpc) is 2.59. The highest BCUT2D eigenvalue weighted by Crippen LogP contribution is 2.30. The second-order valence-electron chi connectivity index (χ2n) is 7.13. The van der Waals surface area contributed by atoms with Crippen LogP contribution in [0.25, 0.3) is 0 Å². The van der Waals surface area contributed by atoms with Gasteiger partial charge in [-0.05, 0) is 51.1 Å². The zero-order chi connectivity index (χ0) is 18.7. The summed E-state index contributed by atoms with van der Waals surface area (Å²) >= 11 is 0. The van der Waals surface area contributed by atoms with Gasteiger partial charge in [0.25, 0.3) is 5.91 Å². The summed E-state index contributed by atoms with van der Waals surface area (Å²) in [6.45, 7) is 7.26. The lowest BCUT2D eigenvalue weighted by atomic mass is 9.97. The number of benzene rings is 2. The van der Waals surface area contributed by atoms with E-state index in [1.165, 1.54) is 12.1 Å². The van der Waals surface area contributed by atoms with Crippen LogP contribution in [0.3, 0.4) is 0 Å². The molecule has 0 bridgehead atoms. The van der Waals surface area contributed by atoms with Gasteiger partial charge in [0, 0.05) is 29.3 Å². The number of halogens is 1. The predicted molar refractivity (Wildman–Crippen MR) is 101 cm³/mol. The summed E-state index contributed by atoms with van der Waals surface area (Å²) in [6, 6.07) is 9.68. The minimum Gasteiger partial charge on any atom is -0.490 e. The fraction of sp³-hybridized carbons (Fsp3) is 0.286. The first-order chi connectivity index (χ1) is 12.3. The van der Waals surface area contributed by atoms with Gasteiger partial charge in [-0.2, -0.15) is 0 Å². The van der Waals surface area contributed by atoms with Crippen molar-refractivity contribution in [2.24, 2.45) is 5.41 Å². The molecule has 0 saturated carbocycles. The maximum atomic E-state index is 14.3. The molecule has 2 aromatic carbocycles. The lowest BCUT2D eigenvalue weighted by Crippen LogP contribution is -2.19. The van der Waals surface area contributed by atoms with Crippen molar-refractivity contribution in [3.05, 3.63) is 53.3 Å². The molecule has 2 N–H and O–H groups in total. The van der Waals surface area contributed by atoms with Crippen molar-refractivity contribution >= 4 is 17.3 Å². The zero-order valence-corrected chi connectivity index (χ0v) is 15.1. The summed E-state index contributed by atoms with van der Waals surface area (Å²) in [5, 5.41) is 5.90. The van der Waals surface area contributed by atoms with Crippen LogP contribution < -0.4 is 15.4 Å². The molecule has 0 atom stereocenters. The Bertz CT molecular complexity index is 904. The zero-order valence-electron chi connectivity index (χ0n) is 15.1. The third-order valence-electron chi connectivity index (χ3n) is 3.71. The fourth-order valence-electron chi connectivity index (χ4n) is 2.45. The van der Waals surface area contributed by atoms with E-state index < -0.39 is 11.7 Å². The van der Waals surface area contributed by atoms with Crippen molar-refractivity contribution in [1.82, 2.24) is 0 Å². The van der Waals surface area contributed by atoms with Gasteiger partial charge in [-0.1, -0.05) is 11.8 Å². The molecule has 1 amide bonds. The summed E-state index contributed by atoms with van der Waals surface area (Å²) in [4.78, 5) is 12.4. The number of anilines is 2. The Balaban J connectivity index is 1.76. The first kappa shape index (κ1) is 17.8. The Morgan fingerprint density at radius 1 is 1.23 bits per heavy atom. The minimum atomic E-state index is -0.598. The van der Waals surface area contributed by atoms with Crippen LogP contribution in [0, 0.1) is 23.1 Å². The Hall–Kier alpha value is -3.00. The van der Waals surface area contributed by atoms with Crippen LogP contribution >= 0.6 is 0 Å².